The number of hydrogen-bond donors (Lipinski definition) is 2. The third kappa shape index (κ3) is 6.35. The SMILES string of the molecule is CCNC(=NCc1cccnc1OCCOC)NCCc1ccc2c(c1)CCO2. The van der Waals surface area contributed by atoms with Crippen LogP contribution in [0, 0.1) is 0 Å². The zero-order chi connectivity index (χ0) is 20.3. The number of pyridine rings is 1. The van der Waals surface area contributed by atoms with Gasteiger partial charge in [-0.1, -0.05) is 18.2 Å². The molecule has 1 aliphatic heterocycles. The van der Waals surface area contributed by atoms with Gasteiger partial charge in [0.05, 0.1) is 19.8 Å². The van der Waals surface area contributed by atoms with E-state index in [1.165, 1.54) is 11.1 Å². The van der Waals surface area contributed by atoms with E-state index >= 15 is 0 Å². The van der Waals surface area contributed by atoms with E-state index in [4.69, 9.17) is 14.2 Å². The Morgan fingerprint density at radius 1 is 1.24 bits per heavy atom. The molecule has 7 heteroatoms. The molecule has 29 heavy (non-hydrogen) atoms. The summed E-state index contributed by atoms with van der Waals surface area (Å²) in [6.07, 6.45) is 3.65. The van der Waals surface area contributed by atoms with E-state index < -0.39 is 0 Å². The lowest BCUT2D eigenvalue weighted by Gasteiger charge is -2.13. The van der Waals surface area contributed by atoms with Crippen molar-refractivity contribution in [3.05, 3.63) is 53.2 Å². The number of nitrogens with zero attached hydrogens (tertiary/aromatic N) is 2. The van der Waals surface area contributed by atoms with Crippen LogP contribution in [0.1, 0.15) is 23.6 Å². The molecule has 1 aromatic carbocycles. The van der Waals surface area contributed by atoms with E-state index in [2.05, 4.69) is 45.7 Å². The van der Waals surface area contributed by atoms with E-state index in [9.17, 15) is 0 Å². The standard InChI is InChI=1S/C22H30N4O3/c1-3-23-22(25-11-8-17-6-7-20-18(15-17)9-12-28-20)26-16-19-5-4-10-24-21(19)29-14-13-27-2/h4-7,10,15H,3,8-9,11-14,16H2,1-2H3,(H2,23,25,26). The number of nitrogens with one attached hydrogen (secondary N) is 2. The molecule has 0 fully saturated rings. The average Bonchev–Trinajstić information content (AvgIpc) is 3.21. The maximum atomic E-state index is 5.69. The molecule has 1 aromatic heterocycles. The molecule has 1 aliphatic rings. The summed E-state index contributed by atoms with van der Waals surface area (Å²) < 4.78 is 16.3. The fraction of sp³-hybridized carbons (Fsp3) is 0.455. The smallest absolute Gasteiger partial charge is 0.218 e. The number of guanidine groups is 1. The van der Waals surface area contributed by atoms with Gasteiger partial charge in [0.15, 0.2) is 5.96 Å². The van der Waals surface area contributed by atoms with Crippen molar-refractivity contribution in [1.29, 1.82) is 0 Å². The monoisotopic (exact) mass is 398 g/mol. The van der Waals surface area contributed by atoms with Crippen LogP contribution in [-0.2, 0) is 24.1 Å². The molecule has 0 atom stereocenters. The minimum Gasteiger partial charge on any atom is -0.493 e. The number of benzene rings is 1. The minimum absolute atomic E-state index is 0.467. The predicted molar refractivity (Wildman–Crippen MR) is 114 cm³/mol. The molecule has 0 unspecified atom stereocenters. The van der Waals surface area contributed by atoms with Gasteiger partial charge in [0.1, 0.15) is 12.4 Å². The van der Waals surface area contributed by atoms with Crippen LogP contribution >= 0.6 is 0 Å². The highest BCUT2D eigenvalue weighted by Crippen LogP contribution is 2.25. The largest absolute Gasteiger partial charge is 0.493 e. The highest BCUT2D eigenvalue weighted by atomic mass is 16.5. The molecule has 7 nitrogen and oxygen atoms in total. The lowest BCUT2D eigenvalue weighted by atomic mass is 10.1. The summed E-state index contributed by atoms with van der Waals surface area (Å²) in [5.41, 5.74) is 3.55. The van der Waals surface area contributed by atoms with Crippen molar-refractivity contribution in [1.82, 2.24) is 15.6 Å². The van der Waals surface area contributed by atoms with E-state index in [1.54, 1.807) is 13.3 Å². The molecule has 2 heterocycles. The Bertz CT molecular complexity index is 810. The number of methoxy groups -OCH3 is 1. The Morgan fingerprint density at radius 3 is 3.03 bits per heavy atom. The maximum Gasteiger partial charge on any atom is 0.218 e. The summed E-state index contributed by atoms with van der Waals surface area (Å²) in [6, 6.07) is 10.3. The van der Waals surface area contributed by atoms with Crippen LogP contribution in [0.15, 0.2) is 41.5 Å². The second-order valence-corrected chi connectivity index (χ2v) is 6.72. The molecule has 0 aliphatic carbocycles. The first-order valence-corrected chi connectivity index (χ1v) is 10.1. The second-order valence-electron chi connectivity index (χ2n) is 6.72. The van der Waals surface area contributed by atoms with E-state index in [1.807, 2.05) is 12.1 Å². The lowest BCUT2D eigenvalue weighted by Crippen LogP contribution is -2.38. The number of fused-ring (bicyclic) bond motifs is 1. The lowest BCUT2D eigenvalue weighted by molar-refractivity contribution is 0.143. The first kappa shape index (κ1) is 20.9. The molecule has 0 amide bonds. The van der Waals surface area contributed by atoms with Crippen molar-refractivity contribution in [3.63, 3.8) is 0 Å². The first-order valence-electron chi connectivity index (χ1n) is 10.1. The van der Waals surface area contributed by atoms with Crippen LogP contribution in [0.5, 0.6) is 11.6 Å². The van der Waals surface area contributed by atoms with E-state index in [-0.39, 0.29) is 0 Å². The van der Waals surface area contributed by atoms with Crippen molar-refractivity contribution in [2.75, 3.05) is 40.0 Å². The number of hydrogen-bond acceptors (Lipinski definition) is 5. The Kier molecular flexibility index (Phi) is 8.12. The van der Waals surface area contributed by atoms with Crippen LogP contribution in [0.2, 0.25) is 0 Å². The minimum atomic E-state index is 0.467. The van der Waals surface area contributed by atoms with Gasteiger partial charge in [0.2, 0.25) is 5.88 Å². The molecule has 0 radical (unpaired) electrons. The summed E-state index contributed by atoms with van der Waals surface area (Å²) in [5.74, 6) is 2.41. The van der Waals surface area contributed by atoms with Crippen molar-refractivity contribution in [2.24, 2.45) is 4.99 Å². The fourth-order valence-electron chi connectivity index (χ4n) is 3.12. The molecule has 0 bridgehead atoms. The van der Waals surface area contributed by atoms with Crippen LogP contribution in [0.25, 0.3) is 0 Å². The highest BCUT2D eigenvalue weighted by molar-refractivity contribution is 5.79. The molecule has 2 aromatic rings. The van der Waals surface area contributed by atoms with Gasteiger partial charge >= 0.3 is 0 Å². The number of aromatic nitrogens is 1. The van der Waals surface area contributed by atoms with Crippen LogP contribution in [-0.4, -0.2) is 51.0 Å². The van der Waals surface area contributed by atoms with Crippen LogP contribution in [0.4, 0.5) is 0 Å². The third-order valence-corrected chi connectivity index (χ3v) is 4.59. The Labute approximate surface area is 172 Å². The van der Waals surface area contributed by atoms with Crippen molar-refractivity contribution < 1.29 is 14.2 Å². The molecular formula is C22H30N4O3. The third-order valence-electron chi connectivity index (χ3n) is 4.59. The molecule has 156 valence electrons. The summed E-state index contributed by atoms with van der Waals surface area (Å²) in [4.78, 5) is 8.99. The van der Waals surface area contributed by atoms with Crippen LogP contribution < -0.4 is 20.1 Å². The van der Waals surface area contributed by atoms with Crippen molar-refractivity contribution in [3.8, 4) is 11.6 Å². The normalized spacial score (nSPS) is 13.0. The van der Waals surface area contributed by atoms with Gasteiger partial charge in [-0.25, -0.2) is 9.98 Å². The number of aliphatic imine (C=N–C) groups is 1. The molecule has 0 spiro atoms. The molecule has 3 rings (SSSR count). The van der Waals surface area contributed by atoms with Crippen molar-refractivity contribution >= 4 is 5.96 Å². The van der Waals surface area contributed by atoms with Gasteiger partial charge in [0.25, 0.3) is 0 Å². The predicted octanol–water partition coefficient (Wildman–Crippen LogP) is 2.34. The second kappa shape index (κ2) is 11.3. The van der Waals surface area contributed by atoms with Gasteiger partial charge in [0, 0.05) is 38.4 Å². The van der Waals surface area contributed by atoms with Gasteiger partial charge < -0.3 is 24.8 Å². The molecule has 0 saturated carbocycles. The highest BCUT2D eigenvalue weighted by Gasteiger charge is 2.12. The van der Waals surface area contributed by atoms with Gasteiger partial charge in [-0.15, -0.1) is 0 Å². The topological polar surface area (TPSA) is 77.0 Å². The van der Waals surface area contributed by atoms with Crippen LogP contribution in [0.3, 0.4) is 0 Å². The summed E-state index contributed by atoms with van der Waals surface area (Å²) >= 11 is 0. The van der Waals surface area contributed by atoms with Gasteiger partial charge in [-0.3, -0.25) is 0 Å². The summed E-state index contributed by atoms with van der Waals surface area (Å²) in [6.45, 7) is 5.93. The number of ether oxygens (including phenoxy) is 3. The quantitative estimate of drug-likeness (QED) is 0.363. The first-order chi connectivity index (χ1) is 14.3. The summed E-state index contributed by atoms with van der Waals surface area (Å²) in [7, 11) is 1.65. The molecule has 0 saturated heterocycles. The maximum absolute atomic E-state index is 5.69. The Hall–Kier alpha value is -2.80. The zero-order valence-electron chi connectivity index (χ0n) is 17.2. The molecular weight excluding hydrogens is 368 g/mol. The zero-order valence-corrected chi connectivity index (χ0v) is 17.2. The number of rotatable bonds is 10. The van der Waals surface area contributed by atoms with Gasteiger partial charge in [-0.05, 0) is 36.6 Å². The Morgan fingerprint density at radius 2 is 2.17 bits per heavy atom. The van der Waals surface area contributed by atoms with Gasteiger partial charge in [-0.2, -0.15) is 0 Å². The summed E-state index contributed by atoms with van der Waals surface area (Å²) in [5, 5.41) is 6.70. The average molecular weight is 399 g/mol. The molecule has 2 N–H and O–H groups in total. The van der Waals surface area contributed by atoms with Crippen molar-refractivity contribution in [2.45, 2.75) is 26.3 Å². The van der Waals surface area contributed by atoms with E-state index in [0.717, 1.165) is 49.8 Å². The Balaban J connectivity index is 1.54. The fourth-order valence-corrected chi connectivity index (χ4v) is 3.12. The van der Waals surface area contributed by atoms with E-state index in [0.29, 0.717) is 25.6 Å².